The van der Waals surface area contributed by atoms with Crippen LogP contribution in [0.25, 0.3) is 11.0 Å². The number of H-pyrrole nitrogens is 1. The van der Waals surface area contributed by atoms with Gasteiger partial charge >= 0.3 is 6.03 Å². The first-order chi connectivity index (χ1) is 11.7. The van der Waals surface area contributed by atoms with Crippen LogP contribution in [0.4, 0.5) is 14.9 Å². The number of nitrogens with one attached hydrogen (secondary N) is 2. The highest BCUT2D eigenvalue weighted by molar-refractivity contribution is 5.89. The van der Waals surface area contributed by atoms with Crippen LogP contribution in [0.3, 0.4) is 0 Å². The maximum atomic E-state index is 13.3. The second-order valence-corrected chi connectivity index (χ2v) is 5.93. The van der Waals surface area contributed by atoms with Crippen molar-refractivity contribution in [1.29, 1.82) is 0 Å². The van der Waals surface area contributed by atoms with Crippen molar-refractivity contribution in [2.75, 3.05) is 11.9 Å². The van der Waals surface area contributed by atoms with Crippen molar-refractivity contribution in [3.8, 4) is 0 Å². The van der Waals surface area contributed by atoms with E-state index in [-0.39, 0.29) is 17.9 Å². The van der Waals surface area contributed by atoms with E-state index < -0.39 is 0 Å². The third-order valence-corrected chi connectivity index (χ3v) is 4.32. The van der Waals surface area contributed by atoms with Crippen molar-refractivity contribution in [3.05, 3.63) is 60.2 Å². The molecular weight excluding hydrogens is 307 g/mol. The van der Waals surface area contributed by atoms with Crippen LogP contribution in [-0.4, -0.2) is 27.4 Å². The molecule has 1 aromatic heterocycles. The Morgan fingerprint density at radius 3 is 2.92 bits per heavy atom. The molecule has 122 valence electrons. The molecule has 1 aliphatic rings. The lowest BCUT2D eigenvalue weighted by Gasteiger charge is -2.23. The van der Waals surface area contributed by atoms with Gasteiger partial charge in [0.05, 0.1) is 17.1 Å². The number of urea groups is 1. The number of carbonyl (C=O) groups excluding carboxylic acids is 1. The van der Waals surface area contributed by atoms with Crippen LogP contribution in [0.15, 0.2) is 48.5 Å². The van der Waals surface area contributed by atoms with E-state index in [0.717, 1.165) is 18.5 Å². The number of hydrogen-bond donors (Lipinski definition) is 2. The summed E-state index contributed by atoms with van der Waals surface area (Å²) in [6.45, 7) is 0.675. The van der Waals surface area contributed by atoms with Gasteiger partial charge in [-0.2, -0.15) is 0 Å². The zero-order chi connectivity index (χ0) is 16.5. The molecule has 0 spiro atoms. The average Bonchev–Trinajstić information content (AvgIpc) is 3.21. The lowest BCUT2D eigenvalue weighted by Crippen LogP contribution is -2.34. The number of para-hydroxylation sites is 1. The van der Waals surface area contributed by atoms with Gasteiger partial charge in [-0.05, 0) is 43.2 Å². The van der Waals surface area contributed by atoms with Gasteiger partial charge in [0.25, 0.3) is 0 Å². The van der Waals surface area contributed by atoms with Crippen molar-refractivity contribution in [2.24, 2.45) is 0 Å². The van der Waals surface area contributed by atoms with Crippen molar-refractivity contribution in [1.82, 2.24) is 14.9 Å². The molecule has 0 radical (unpaired) electrons. The number of rotatable bonds is 2. The monoisotopic (exact) mass is 324 g/mol. The number of anilines is 1. The molecule has 4 rings (SSSR count). The van der Waals surface area contributed by atoms with E-state index in [2.05, 4.69) is 15.3 Å². The summed E-state index contributed by atoms with van der Waals surface area (Å²) < 4.78 is 13.3. The summed E-state index contributed by atoms with van der Waals surface area (Å²) in [5, 5.41) is 2.91. The minimum absolute atomic E-state index is 0.121. The molecule has 2 heterocycles. The van der Waals surface area contributed by atoms with Gasteiger partial charge in [0.2, 0.25) is 0 Å². The largest absolute Gasteiger partial charge is 0.340 e. The molecule has 2 amide bonds. The van der Waals surface area contributed by atoms with Gasteiger partial charge in [0, 0.05) is 12.2 Å². The first-order valence-electron chi connectivity index (χ1n) is 7.98. The number of hydrogen-bond acceptors (Lipinski definition) is 2. The standard InChI is InChI=1S/C18H17FN4O/c19-12-8-9-14-15(11-12)22-17(21-14)16-7-4-10-23(16)18(24)20-13-5-2-1-3-6-13/h1-3,5-6,8-9,11,16H,4,7,10H2,(H,20,24)(H,21,22). The van der Waals surface area contributed by atoms with Gasteiger partial charge in [0.15, 0.2) is 0 Å². The van der Waals surface area contributed by atoms with E-state index in [1.54, 1.807) is 11.0 Å². The summed E-state index contributed by atoms with van der Waals surface area (Å²) >= 11 is 0. The number of aromatic amines is 1. The van der Waals surface area contributed by atoms with Crippen molar-refractivity contribution < 1.29 is 9.18 Å². The number of imidazole rings is 1. The fourth-order valence-corrected chi connectivity index (χ4v) is 3.17. The third-order valence-electron chi connectivity index (χ3n) is 4.32. The van der Waals surface area contributed by atoms with Gasteiger partial charge in [0.1, 0.15) is 11.6 Å². The zero-order valence-electron chi connectivity index (χ0n) is 13.0. The summed E-state index contributed by atoms with van der Waals surface area (Å²) in [5.41, 5.74) is 2.13. The lowest BCUT2D eigenvalue weighted by atomic mass is 10.2. The number of amides is 2. The summed E-state index contributed by atoms with van der Waals surface area (Å²) in [6.07, 6.45) is 1.75. The first-order valence-corrected chi connectivity index (χ1v) is 7.98. The minimum Gasteiger partial charge on any atom is -0.340 e. The molecule has 1 saturated heterocycles. The van der Waals surface area contributed by atoms with Gasteiger partial charge < -0.3 is 15.2 Å². The molecule has 1 fully saturated rings. The molecule has 2 aromatic carbocycles. The molecule has 24 heavy (non-hydrogen) atoms. The number of carbonyl (C=O) groups is 1. The smallest absolute Gasteiger partial charge is 0.322 e. The lowest BCUT2D eigenvalue weighted by molar-refractivity contribution is 0.205. The molecule has 1 aliphatic heterocycles. The van der Waals surface area contributed by atoms with Crippen LogP contribution >= 0.6 is 0 Å². The molecule has 1 atom stereocenters. The van der Waals surface area contributed by atoms with Crippen LogP contribution in [0, 0.1) is 5.82 Å². The molecule has 0 bridgehead atoms. The molecular formula is C18H17FN4O. The van der Waals surface area contributed by atoms with E-state index in [9.17, 15) is 9.18 Å². The van der Waals surface area contributed by atoms with Crippen molar-refractivity contribution in [2.45, 2.75) is 18.9 Å². The zero-order valence-corrected chi connectivity index (χ0v) is 13.0. The van der Waals surface area contributed by atoms with E-state index in [4.69, 9.17) is 0 Å². The molecule has 1 unspecified atom stereocenters. The topological polar surface area (TPSA) is 61.0 Å². The van der Waals surface area contributed by atoms with E-state index in [1.807, 2.05) is 30.3 Å². The number of fused-ring (bicyclic) bond motifs is 1. The van der Waals surface area contributed by atoms with Crippen LogP contribution < -0.4 is 5.32 Å². The Balaban J connectivity index is 1.58. The highest BCUT2D eigenvalue weighted by atomic mass is 19.1. The van der Waals surface area contributed by atoms with Gasteiger partial charge in [-0.3, -0.25) is 0 Å². The Bertz CT molecular complexity index is 877. The summed E-state index contributed by atoms with van der Waals surface area (Å²) in [4.78, 5) is 22.0. The Labute approximate surface area is 138 Å². The molecule has 0 saturated carbocycles. The molecule has 2 N–H and O–H groups in total. The highest BCUT2D eigenvalue weighted by Crippen LogP contribution is 2.32. The fourth-order valence-electron chi connectivity index (χ4n) is 3.17. The fraction of sp³-hybridized carbons (Fsp3) is 0.222. The normalized spacial score (nSPS) is 17.4. The summed E-state index contributed by atoms with van der Waals surface area (Å²) in [5.74, 6) is 0.402. The van der Waals surface area contributed by atoms with Crippen LogP contribution in [0.5, 0.6) is 0 Å². The molecule has 6 heteroatoms. The average molecular weight is 324 g/mol. The molecule has 5 nitrogen and oxygen atoms in total. The van der Waals surface area contributed by atoms with E-state index in [0.29, 0.717) is 23.4 Å². The summed E-state index contributed by atoms with van der Waals surface area (Å²) in [6, 6.07) is 13.6. The Hall–Kier alpha value is -2.89. The second kappa shape index (κ2) is 5.96. The summed E-state index contributed by atoms with van der Waals surface area (Å²) in [7, 11) is 0. The Morgan fingerprint density at radius 2 is 2.08 bits per heavy atom. The van der Waals surface area contributed by atoms with Gasteiger partial charge in [-0.1, -0.05) is 18.2 Å². The van der Waals surface area contributed by atoms with Gasteiger partial charge in [-0.25, -0.2) is 14.2 Å². The predicted octanol–water partition coefficient (Wildman–Crippen LogP) is 4.07. The van der Waals surface area contributed by atoms with Crippen molar-refractivity contribution in [3.63, 3.8) is 0 Å². The Morgan fingerprint density at radius 1 is 1.25 bits per heavy atom. The maximum Gasteiger partial charge on any atom is 0.322 e. The predicted molar refractivity (Wildman–Crippen MR) is 90.2 cm³/mol. The first kappa shape index (κ1) is 14.7. The molecule has 0 aliphatic carbocycles. The number of nitrogens with zero attached hydrogens (tertiary/aromatic N) is 2. The number of benzene rings is 2. The van der Waals surface area contributed by atoms with Gasteiger partial charge in [-0.15, -0.1) is 0 Å². The third kappa shape index (κ3) is 2.71. The van der Waals surface area contributed by atoms with Crippen LogP contribution in [-0.2, 0) is 0 Å². The number of halogens is 1. The number of likely N-dealkylation sites (tertiary alicyclic amines) is 1. The van der Waals surface area contributed by atoms with E-state index >= 15 is 0 Å². The van der Waals surface area contributed by atoms with Crippen LogP contribution in [0.1, 0.15) is 24.7 Å². The molecule has 3 aromatic rings. The van der Waals surface area contributed by atoms with Crippen molar-refractivity contribution >= 4 is 22.8 Å². The second-order valence-electron chi connectivity index (χ2n) is 5.93. The quantitative estimate of drug-likeness (QED) is 0.746. The Kier molecular flexibility index (Phi) is 3.65. The SMILES string of the molecule is O=C(Nc1ccccc1)N1CCCC1c1nc2ccc(F)cc2[nH]1. The highest BCUT2D eigenvalue weighted by Gasteiger charge is 2.32. The number of aromatic nitrogens is 2. The van der Waals surface area contributed by atoms with E-state index in [1.165, 1.54) is 12.1 Å². The minimum atomic E-state index is -0.303. The maximum absolute atomic E-state index is 13.3. The van der Waals surface area contributed by atoms with Crippen LogP contribution in [0.2, 0.25) is 0 Å².